The van der Waals surface area contributed by atoms with Crippen molar-refractivity contribution in [3.05, 3.63) is 247 Å². The molecule has 5 nitrogen and oxygen atoms in total. The van der Waals surface area contributed by atoms with Gasteiger partial charge < -0.3 is 14.2 Å². The molecule has 0 aliphatic heterocycles. The van der Waals surface area contributed by atoms with Gasteiger partial charge in [0.25, 0.3) is 0 Å². The minimum Gasteiger partial charge on any atom is -0.310 e. The molecule has 374 valence electrons. The van der Waals surface area contributed by atoms with Crippen molar-refractivity contribution in [1.82, 2.24) is 4.40 Å². The SMILES string of the molecule is C=C/C=C(\C)CC=C(C)C.C=CC.CC(C)c1ccc(N(c2ccc(C#N)cc2)c2ccc3cc4c5cccc6c7cc8ccc(N(c9ccc(C#N)cc9)c9ccc(C(C)C)cc9)cc8cc7n(c4cc3c2)c56)cc1. The Morgan fingerprint density at radius 1 is 0.500 bits per heavy atom. The molecule has 0 aliphatic rings. The molecule has 0 atom stereocenters. The van der Waals surface area contributed by atoms with Crippen LogP contribution in [0.25, 0.3) is 59.6 Å². The Morgan fingerprint density at radius 3 is 1.24 bits per heavy atom. The second-order valence-electron chi connectivity index (χ2n) is 20.5. The molecule has 2 aromatic heterocycles. The van der Waals surface area contributed by atoms with E-state index in [0.29, 0.717) is 23.0 Å². The average Bonchev–Trinajstić information content (AvgIpc) is 4.12. The Labute approximate surface area is 448 Å². The first kappa shape index (κ1) is 51.7. The van der Waals surface area contributed by atoms with Crippen LogP contribution in [0, 0.1) is 22.7 Å². The summed E-state index contributed by atoms with van der Waals surface area (Å²) in [5, 5.41) is 28.8. The molecule has 0 saturated heterocycles. The number of fused-ring (bicyclic) bond motifs is 8. The summed E-state index contributed by atoms with van der Waals surface area (Å²) in [6.07, 6.45) is 8.89. The quantitative estimate of drug-likeness (QED) is 0.0957. The van der Waals surface area contributed by atoms with Crippen LogP contribution in [0.15, 0.2) is 225 Å². The van der Waals surface area contributed by atoms with Crippen LogP contribution in [0.2, 0.25) is 0 Å². The summed E-state index contributed by atoms with van der Waals surface area (Å²) in [6.45, 7) is 24.1. The molecule has 0 N–H and O–H groups in total. The van der Waals surface area contributed by atoms with E-state index in [1.165, 1.54) is 71.1 Å². The first-order chi connectivity index (χ1) is 36.8. The molecular formula is C71H65N5. The zero-order valence-corrected chi connectivity index (χ0v) is 45.1. The van der Waals surface area contributed by atoms with Crippen LogP contribution in [-0.2, 0) is 0 Å². The predicted octanol–water partition coefficient (Wildman–Crippen LogP) is 20.7. The van der Waals surface area contributed by atoms with Crippen LogP contribution >= 0.6 is 0 Å². The Kier molecular flexibility index (Phi) is 15.3. The first-order valence-electron chi connectivity index (χ1n) is 26.2. The molecule has 11 aromatic rings. The molecule has 0 saturated carbocycles. The zero-order chi connectivity index (χ0) is 53.6. The van der Waals surface area contributed by atoms with Crippen LogP contribution in [0.5, 0.6) is 0 Å². The third kappa shape index (κ3) is 10.5. The highest BCUT2D eigenvalue weighted by Gasteiger charge is 2.21. The van der Waals surface area contributed by atoms with Gasteiger partial charge in [-0.2, -0.15) is 10.5 Å². The largest absolute Gasteiger partial charge is 0.310 e. The molecule has 0 spiro atoms. The Balaban J connectivity index is 0.000000485. The zero-order valence-electron chi connectivity index (χ0n) is 45.1. The van der Waals surface area contributed by atoms with E-state index >= 15 is 0 Å². The standard InChI is InChI=1S/C58H43N5.C10H16.C3H6/c1-36(2)40-12-22-48(23-13-40)61(46-18-8-38(34-59)9-19-46)50-26-16-42-30-54-52-6-5-7-53-55-31-43-17-27-51(29-45(43)33-57(55)63(58(52)53)56(54)32-44(42)28-50)62(47-20-10-39(35-60)11-21-47)49-24-14-41(15-25-49)37(3)4;1-5-6-10(4)8-7-9(2)3;1-3-2/h5-33,36-37H,1-4H3;5-7H,1,8H2,2-4H3;3H,1H2,2H3/b;10-6+;. The highest BCUT2D eigenvalue weighted by molar-refractivity contribution is 6.26. The lowest BCUT2D eigenvalue weighted by atomic mass is 10.0. The molecule has 0 bridgehead atoms. The van der Waals surface area contributed by atoms with Crippen molar-refractivity contribution in [3.8, 4) is 12.1 Å². The van der Waals surface area contributed by atoms with Crippen molar-refractivity contribution in [2.75, 3.05) is 9.80 Å². The number of para-hydroxylation sites is 1. The summed E-state index contributed by atoms with van der Waals surface area (Å²) in [5.74, 6) is 0.864. The Hall–Kier alpha value is -9.16. The second-order valence-corrected chi connectivity index (χ2v) is 20.5. The van der Waals surface area contributed by atoms with Gasteiger partial charge in [-0.1, -0.05) is 124 Å². The maximum absolute atomic E-state index is 9.58. The lowest BCUT2D eigenvalue weighted by Crippen LogP contribution is -2.10. The molecule has 0 fully saturated rings. The van der Waals surface area contributed by atoms with Gasteiger partial charge in [-0.05, 0) is 200 Å². The van der Waals surface area contributed by atoms with Crippen molar-refractivity contribution in [2.45, 2.75) is 73.6 Å². The fourth-order valence-corrected chi connectivity index (χ4v) is 10.1. The highest BCUT2D eigenvalue weighted by Crippen LogP contribution is 2.44. The molecule has 9 aromatic carbocycles. The van der Waals surface area contributed by atoms with Gasteiger partial charge in [0.15, 0.2) is 0 Å². The van der Waals surface area contributed by atoms with Gasteiger partial charge in [0.1, 0.15) is 0 Å². The molecule has 5 heteroatoms. The van der Waals surface area contributed by atoms with E-state index in [2.05, 4.69) is 221 Å². The minimum absolute atomic E-state index is 0.432. The summed E-state index contributed by atoms with van der Waals surface area (Å²) in [7, 11) is 0. The van der Waals surface area contributed by atoms with Gasteiger partial charge in [0.2, 0.25) is 0 Å². The van der Waals surface area contributed by atoms with Gasteiger partial charge in [-0.3, -0.25) is 0 Å². The monoisotopic (exact) mass is 988 g/mol. The summed E-state index contributed by atoms with van der Waals surface area (Å²) >= 11 is 0. The number of anilines is 6. The average molecular weight is 988 g/mol. The van der Waals surface area contributed by atoms with E-state index < -0.39 is 0 Å². The maximum atomic E-state index is 9.58. The number of hydrogen-bond acceptors (Lipinski definition) is 4. The van der Waals surface area contributed by atoms with Gasteiger partial charge in [-0.25, -0.2) is 0 Å². The summed E-state index contributed by atoms with van der Waals surface area (Å²) < 4.78 is 2.47. The van der Waals surface area contributed by atoms with Crippen molar-refractivity contribution < 1.29 is 0 Å². The fourth-order valence-electron chi connectivity index (χ4n) is 10.1. The van der Waals surface area contributed by atoms with E-state index in [1.54, 1.807) is 6.08 Å². The highest BCUT2D eigenvalue weighted by atomic mass is 15.1. The van der Waals surface area contributed by atoms with Gasteiger partial charge in [0.05, 0.1) is 39.8 Å². The molecule has 0 amide bonds. The topological polar surface area (TPSA) is 58.5 Å². The van der Waals surface area contributed by atoms with Gasteiger partial charge in [0, 0.05) is 55.7 Å². The van der Waals surface area contributed by atoms with E-state index in [0.717, 1.165) is 51.3 Å². The molecular weight excluding hydrogens is 923 g/mol. The molecule has 76 heavy (non-hydrogen) atoms. The van der Waals surface area contributed by atoms with Crippen LogP contribution < -0.4 is 9.80 Å². The Bertz CT molecular complexity index is 3800. The number of nitrogens with zero attached hydrogens (tertiary/aromatic N) is 5. The van der Waals surface area contributed by atoms with Crippen molar-refractivity contribution in [2.24, 2.45) is 0 Å². The Morgan fingerprint density at radius 2 is 0.882 bits per heavy atom. The van der Waals surface area contributed by atoms with E-state index in [4.69, 9.17) is 0 Å². The lowest BCUT2D eigenvalue weighted by molar-refractivity contribution is 0.866. The van der Waals surface area contributed by atoms with Crippen LogP contribution in [0.1, 0.15) is 95.9 Å². The van der Waals surface area contributed by atoms with E-state index in [-0.39, 0.29) is 0 Å². The molecule has 0 unspecified atom stereocenters. The third-order valence-corrected chi connectivity index (χ3v) is 14.1. The van der Waals surface area contributed by atoms with E-state index in [1.807, 2.05) is 67.6 Å². The van der Waals surface area contributed by atoms with Crippen LogP contribution in [0.4, 0.5) is 34.1 Å². The summed E-state index contributed by atoms with van der Waals surface area (Å²) in [6, 6.07) is 67.5. The molecule has 11 rings (SSSR count). The number of rotatable bonds is 11. The molecule has 0 radical (unpaired) electrons. The lowest BCUT2D eigenvalue weighted by Gasteiger charge is -2.26. The van der Waals surface area contributed by atoms with E-state index in [9.17, 15) is 10.5 Å². The third-order valence-electron chi connectivity index (χ3n) is 14.1. The van der Waals surface area contributed by atoms with Gasteiger partial charge >= 0.3 is 0 Å². The maximum Gasteiger partial charge on any atom is 0.0991 e. The smallest absolute Gasteiger partial charge is 0.0991 e. The van der Waals surface area contributed by atoms with Crippen molar-refractivity contribution in [1.29, 1.82) is 10.5 Å². The van der Waals surface area contributed by atoms with Crippen LogP contribution in [-0.4, -0.2) is 4.40 Å². The number of nitriles is 2. The summed E-state index contributed by atoms with van der Waals surface area (Å²) in [5.41, 5.74) is 16.4. The van der Waals surface area contributed by atoms with Crippen LogP contribution in [0.3, 0.4) is 0 Å². The minimum atomic E-state index is 0.432. The second kappa shape index (κ2) is 22.5. The molecule has 0 aliphatic carbocycles. The number of hydrogen-bond donors (Lipinski definition) is 0. The van der Waals surface area contributed by atoms with Crippen molar-refractivity contribution in [3.63, 3.8) is 0 Å². The number of allylic oxidation sites excluding steroid dienone is 6. The molecule has 2 heterocycles. The van der Waals surface area contributed by atoms with Crippen molar-refractivity contribution >= 4 is 93.8 Å². The predicted molar refractivity (Wildman–Crippen MR) is 327 cm³/mol. The normalized spacial score (nSPS) is 11.3. The summed E-state index contributed by atoms with van der Waals surface area (Å²) in [4.78, 5) is 4.55. The first-order valence-corrected chi connectivity index (χ1v) is 26.2. The van der Waals surface area contributed by atoms with Gasteiger partial charge in [-0.15, -0.1) is 6.58 Å². The fraction of sp³-hybridized carbons (Fsp3) is 0.155. The number of benzene rings is 9. The number of aromatic nitrogens is 1.